The van der Waals surface area contributed by atoms with Crippen molar-refractivity contribution in [3.63, 3.8) is 0 Å². The van der Waals surface area contributed by atoms with Crippen molar-refractivity contribution in [3.8, 4) is 0 Å². The Balaban J connectivity index is 1.78. The number of carbonyl (C=O) groups is 3. The molecule has 0 N–H and O–H groups in total. The Labute approximate surface area is 184 Å². The Morgan fingerprint density at radius 2 is 1.74 bits per heavy atom. The standard InChI is InChI=1S/C24H34N2O5/c1-24(2,3)19(14-21(27)31-18-12-8-9-13-18)22(28)26-16-25(15-20(26)23(29)30-4)17-10-6-5-7-11-17/h5-7,10-11,18-20H,8-9,12-16H2,1-4H3/t19-,20+/m1/s1. The second-order valence-corrected chi connectivity index (χ2v) is 9.57. The van der Waals surface area contributed by atoms with Gasteiger partial charge in [0.2, 0.25) is 5.91 Å². The molecule has 1 aromatic rings. The van der Waals surface area contributed by atoms with E-state index in [1.807, 2.05) is 56.0 Å². The van der Waals surface area contributed by atoms with Crippen LogP contribution in [0.4, 0.5) is 5.69 Å². The second kappa shape index (κ2) is 9.71. The third-order valence-electron chi connectivity index (χ3n) is 6.28. The van der Waals surface area contributed by atoms with Crippen molar-refractivity contribution in [2.45, 2.75) is 65.0 Å². The predicted molar refractivity (Wildman–Crippen MR) is 117 cm³/mol. The number of rotatable bonds is 6. The molecule has 0 unspecified atom stereocenters. The van der Waals surface area contributed by atoms with Gasteiger partial charge in [0.1, 0.15) is 12.1 Å². The first-order valence-corrected chi connectivity index (χ1v) is 11.1. The van der Waals surface area contributed by atoms with E-state index in [2.05, 4.69) is 0 Å². The number of hydrogen-bond donors (Lipinski definition) is 0. The zero-order valence-electron chi connectivity index (χ0n) is 19.0. The molecule has 3 rings (SSSR count). The minimum absolute atomic E-state index is 0.00849. The summed E-state index contributed by atoms with van der Waals surface area (Å²) in [4.78, 5) is 42.3. The van der Waals surface area contributed by atoms with E-state index in [0.29, 0.717) is 6.54 Å². The van der Waals surface area contributed by atoms with Crippen LogP contribution in [0.1, 0.15) is 52.9 Å². The maximum atomic E-state index is 13.7. The van der Waals surface area contributed by atoms with Crippen LogP contribution in [0.3, 0.4) is 0 Å². The lowest BCUT2D eigenvalue weighted by Gasteiger charge is -2.34. The van der Waals surface area contributed by atoms with Crippen molar-refractivity contribution >= 4 is 23.5 Å². The fourth-order valence-electron chi connectivity index (χ4n) is 4.41. The summed E-state index contributed by atoms with van der Waals surface area (Å²) in [6, 6.07) is 8.94. The molecule has 1 aromatic carbocycles. The molecular formula is C24H34N2O5. The molecule has 1 heterocycles. The van der Waals surface area contributed by atoms with Gasteiger partial charge in [-0.05, 0) is 43.2 Å². The molecule has 2 aliphatic rings. The number of carbonyl (C=O) groups excluding carboxylic acids is 3. The van der Waals surface area contributed by atoms with E-state index in [4.69, 9.17) is 9.47 Å². The van der Waals surface area contributed by atoms with E-state index in [1.54, 1.807) is 4.90 Å². The quantitative estimate of drug-likeness (QED) is 0.644. The van der Waals surface area contributed by atoms with Gasteiger partial charge in [-0.25, -0.2) is 4.79 Å². The van der Waals surface area contributed by atoms with Crippen LogP contribution in [-0.2, 0) is 23.9 Å². The molecule has 170 valence electrons. The first kappa shape index (κ1) is 23.1. The molecule has 2 atom stereocenters. The molecule has 0 radical (unpaired) electrons. The molecule has 1 aliphatic carbocycles. The molecule has 7 heteroatoms. The molecule has 0 bridgehead atoms. The SMILES string of the molecule is COC(=O)[C@@H]1CN(c2ccccc2)CN1C(=O)[C@@H](CC(=O)OC1CCCC1)C(C)(C)C. The van der Waals surface area contributed by atoms with Gasteiger partial charge in [0.15, 0.2) is 0 Å². The minimum Gasteiger partial charge on any atom is -0.467 e. The topological polar surface area (TPSA) is 76.2 Å². The molecule has 1 aliphatic heterocycles. The molecule has 1 amide bonds. The third kappa shape index (κ3) is 5.57. The van der Waals surface area contributed by atoms with E-state index in [9.17, 15) is 14.4 Å². The minimum atomic E-state index is -0.714. The van der Waals surface area contributed by atoms with E-state index in [-0.39, 0.29) is 31.1 Å². The summed E-state index contributed by atoms with van der Waals surface area (Å²) in [6.45, 7) is 6.45. The number of methoxy groups -OCH3 is 1. The Morgan fingerprint density at radius 3 is 2.32 bits per heavy atom. The average molecular weight is 431 g/mol. The normalized spacial score (nSPS) is 20.6. The second-order valence-electron chi connectivity index (χ2n) is 9.57. The summed E-state index contributed by atoms with van der Waals surface area (Å²) in [7, 11) is 1.33. The fraction of sp³-hybridized carbons (Fsp3) is 0.625. The number of esters is 2. The van der Waals surface area contributed by atoms with Gasteiger partial charge in [-0.1, -0.05) is 39.0 Å². The Kier molecular flexibility index (Phi) is 7.23. The third-order valence-corrected chi connectivity index (χ3v) is 6.28. The van der Waals surface area contributed by atoms with Gasteiger partial charge in [-0.15, -0.1) is 0 Å². The monoisotopic (exact) mass is 430 g/mol. The van der Waals surface area contributed by atoms with E-state index in [0.717, 1.165) is 31.4 Å². The van der Waals surface area contributed by atoms with Crippen LogP contribution in [-0.4, -0.2) is 55.2 Å². The van der Waals surface area contributed by atoms with Gasteiger partial charge in [0, 0.05) is 5.69 Å². The first-order chi connectivity index (χ1) is 14.7. The number of para-hydroxylation sites is 1. The smallest absolute Gasteiger partial charge is 0.330 e. The largest absolute Gasteiger partial charge is 0.467 e. The van der Waals surface area contributed by atoms with Crippen molar-refractivity contribution in [2.24, 2.45) is 11.3 Å². The number of benzene rings is 1. The van der Waals surface area contributed by atoms with Crippen LogP contribution in [0, 0.1) is 11.3 Å². The lowest BCUT2D eigenvalue weighted by molar-refractivity contribution is -0.158. The van der Waals surface area contributed by atoms with Crippen molar-refractivity contribution in [3.05, 3.63) is 30.3 Å². The van der Waals surface area contributed by atoms with Crippen LogP contribution in [0.5, 0.6) is 0 Å². The number of ether oxygens (including phenoxy) is 2. The summed E-state index contributed by atoms with van der Waals surface area (Å²) < 4.78 is 10.6. The number of amides is 1. The van der Waals surface area contributed by atoms with Gasteiger partial charge in [-0.3, -0.25) is 9.59 Å². The van der Waals surface area contributed by atoms with Crippen LogP contribution in [0.2, 0.25) is 0 Å². The highest BCUT2D eigenvalue weighted by Crippen LogP contribution is 2.34. The van der Waals surface area contributed by atoms with E-state index in [1.165, 1.54) is 7.11 Å². The highest BCUT2D eigenvalue weighted by Gasteiger charge is 2.45. The van der Waals surface area contributed by atoms with Gasteiger partial charge in [0.05, 0.1) is 32.7 Å². The predicted octanol–water partition coefficient (Wildman–Crippen LogP) is 3.37. The average Bonchev–Trinajstić information content (AvgIpc) is 3.41. The first-order valence-electron chi connectivity index (χ1n) is 11.1. The zero-order chi connectivity index (χ0) is 22.6. The van der Waals surface area contributed by atoms with Gasteiger partial charge in [0.25, 0.3) is 0 Å². The Hall–Kier alpha value is -2.57. The van der Waals surface area contributed by atoms with Crippen molar-refractivity contribution in [2.75, 3.05) is 25.2 Å². The molecular weight excluding hydrogens is 396 g/mol. The van der Waals surface area contributed by atoms with Gasteiger partial charge >= 0.3 is 11.9 Å². The fourth-order valence-corrected chi connectivity index (χ4v) is 4.41. The molecule has 31 heavy (non-hydrogen) atoms. The summed E-state index contributed by atoms with van der Waals surface area (Å²) in [5.41, 5.74) is 0.465. The maximum absolute atomic E-state index is 13.7. The van der Waals surface area contributed by atoms with E-state index >= 15 is 0 Å². The van der Waals surface area contributed by atoms with Crippen molar-refractivity contribution < 1.29 is 23.9 Å². The lowest BCUT2D eigenvalue weighted by Crippen LogP contribution is -2.48. The molecule has 1 saturated heterocycles. The zero-order valence-corrected chi connectivity index (χ0v) is 19.0. The highest BCUT2D eigenvalue weighted by molar-refractivity contribution is 5.90. The van der Waals surface area contributed by atoms with Crippen molar-refractivity contribution in [1.82, 2.24) is 4.90 Å². The lowest BCUT2D eigenvalue weighted by atomic mass is 9.77. The number of hydrogen-bond acceptors (Lipinski definition) is 6. The number of anilines is 1. The molecule has 7 nitrogen and oxygen atoms in total. The molecule has 1 saturated carbocycles. The van der Waals surface area contributed by atoms with Crippen molar-refractivity contribution in [1.29, 1.82) is 0 Å². The van der Waals surface area contributed by atoms with Gasteiger partial charge in [-0.2, -0.15) is 0 Å². The summed E-state index contributed by atoms with van der Waals surface area (Å²) >= 11 is 0. The maximum Gasteiger partial charge on any atom is 0.330 e. The van der Waals surface area contributed by atoms with E-state index < -0.39 is 23.3 Å². The Morgan fingerprint density at radius 1 is 1.10 bits per heavy atom. The van der Waals surface area contributed by atoms with Crippen LogP contribution < -0.4 is 4.90 Å². The summed E-state index contributed by atoms with van der Waals surface area (Å²) in [5, 5.41) is 0. The van der Waals surface area contributed by atoms with Crippen LogP contribution in [0.25, 0.3) is 0 Å². The molecule has 2 fully saturated rings. The highest BCUT2D eigenvalue weighted by atomic mass is 16.5. The van der Waals surface area contributed by atoms with Gasteiger partial charge < -0.3 is 19.3 Å². The summed E-state index contributed by atoms with van der Waals surface area (Å²) in [5.74, 6) is -1.60. The summed E-state index contributed by atoms with van der Waals surface area (Å²) in [6.07, 6.45) is 3.90. The number of nitrogens with zero attached hydrogens (tertiary/aromatic N) is 2. The molecule has 0 spiro atoms. The Bertz CT molecular complexity index is 783. The molecule has 0 aromatic heterocycles. The van der Waals surface area contributed by atoms with Crippen LogP contribution in [0.15, 0.2) is 30.3 Å². The van der Waals surface area contributed by atoms with Crippen LogP contribution >= 0.6 is 0 Å².